The van der Waals surface area contributed by atoms with E-state index in [2.05, 4.69) is 26.6 Å². The van der Waals surface area contributed by atoms with Crippen LogP contribution < -0.4 is 10.6 Å². The first-order valence-corrected chi connectivity index (χ1v) is 10.3. The minimum Gasteiger partial charge on any atom is -0.465 e. The Balaban J connectivity index is 0.00000280. The number of likely N-dealkylation sites (tertiary alicyclic amines) is 2. The molecule has 2 aliphatic heterocycles. The van der Waals surface area contributed by atoms with E-state index in [1.165, 1.54) is 12.8 Å². The highest BCUT2D eigenvalue weighted by molar-refractivity contribution is 14.0. The highest BCUT2D eigenvalue weighted by atomic mass is 127. The molecule has 7 nitrogen and oxygen atoms in total. The van der Waals surface area contributed by atoms with Crippen LogP contribution in [0.15, 0.2) is 21.5 Å². The van der Waals surface area contributed by atoms with Crippen molar-refractivity contribution in [1.82, 2.24) is 20.4 Å². The normalized spacial score (nSPS) is 18.8. The third-order valence-corrected chi connectivity index (χ3v) is 5.31. The zero-order valence-corrected chi connectivity index (χ0v) is 19.4. The largest absolute Gasteiger partial charge is 0.465 e. The van der Waals surface area contributed by atoms with Crippen LogP contribution in [0.3, 0.4) is 0 Å². The van der Waals surface area contributed by atoms with Crippen LogP contribution in [-0.2, 0) is 4.79 Å². The van der Waals surface area contributed by atoms with Crippen LogP contribution in [0.5, 0.6) is 0 Å². The average molecular weight is 503 g/mol. The molecular weight excluding hydrogens is 469 g/mol. The number of nitrogens with zero attached hydrogens (tertiary/aromatic N) is 3. The van der Waals surface area contributed by atoms with Gasteiger partial charge >= 0.3 is 0 Å². The van der Waals surface area contributed by atoms with E-state index in [9.17, 15) is 4.79 Å². The summed E-state index contributed by atoms with van der Waals surface area (Å²) in [5.74, 6) is 2.73. The molecule has 1 atom stereocenters. The molecule has 0 aromatic carbocycles. The van der Waals surface area contributed by atoms with Gasteiger partial charge < -0.3 is 20.0 Å². The number of carbonyl (C=O) groups is 1. The van der Waals surface area contributed by atoms with Crippen LogP contribution >= 0.6 is 24.0 Å². The van der Waals surface area contributed by atoms with Crippen molar-refractivity contribution < 1.29 is 9.21 Å². The summed E-state index contributed by atoms with van der Waals surface area (Å²) >= 11 is 0. The van der Waals surface area contributed by atoms with Crippen molar-refractivity contribution in [2.45, 2.75) is 45.6 Å². The number of amides is 1. The van der Waals surface area contributed by atoms with Crippen LogP contribution in [0.2, 0.25) is 0 Å². The molecule has 0 bridgehead atoms. The Morgan fingerprint density at radius 1 is 1.14 bits per heavy atom. The van der Waals surface area contributed by atoms with Crippen LogP contribution in [0, 0.1) is 6.92 Å². The first-order valence-electron chi connectivity index (χ1n) is 10.3. The molecule has 0 aliphatic carbocycles. The quantitative estimate of drug-likeness (QED) is 0.340. The lowest BCUT2D eigenvalue weighted by Gasteiger charge is -2.27. The van der Waals surface area contributed by atoms with Crippen molar-refractivity contribution in [2.24, 2.45) is 4.99 Å². The van der Waals surface area contributed by atoms with E-state index in [0.717, 1.165) is 57.1 Å². The van der Waals surface area contributed by atoms with Crippen molar-refractivity contribution in [2.75, 3.05) is 45.8 Å². The lowest BCUT2D eigenvalue weighted by Crippen LogP contribution is -2.43. The van der Waals surface area contributed by atoms with Crippen LogP contribution in [0.4, 0.5) is 0 Å². The van der Waals surface area contributed by atoms with E-state index in [-0.39, 0.29) is 42.5 Å². The Bertz CT molecular complexity index is 636. The second kappa shape index (κ2) is 11.6. The maximum atomic E-state index is 12.3. The molecule has 158 valence electrons. The summed E-state index contributed by atoms with van der Waals surface area (Å²) < 4.78 is 5.91. The van der Waals surface area contributed by atoms with Crippen molar-refractivity contribution in [1.29, 1.82) is 0 Å². The Hall–Kier alpha value is -1.29. The number of furan rings is 1. The standard InChI is InChI=1S/C20H33N5O2.HI/c1-3-21-20(23-15-19(26)25-12-6-7-13-25)22-14-17(24-10-4-5-11-24)18-9-8-16(2)27-18;/h8-9,17H,3-7,10-15H2,1-2H3,(H2,21,22,23);1H. The average Bonchev–Trinajstić information content (AvgIpc) is 3.42. The van der Waals surface area contributed by atoms with Gasteiger partial charge in [-0.2, -0.15) is 0 Å². The second-order valence-electron chi connectivity index (χ2n) is 7.37. The molecule has 1 unspecified atom stereocenters. The summed E-state index contributed by atoms with van der Waals surface area (Å²) in [5.41, 5.74) is 0. The number of nitrogens with one attached hydrogen (secondary N) is 2. The van der Waals surface area contributed by atoms with Crippen LogP contribution in [0.1, 0.15) is 50.2 Å². The molecule has 3 rings (SSSR count). The number of hydrogen-bond donors (Lipinski definition) is 2. The molecule has 2 saturated heterocycles. The predicted octanol–water partition coefficient (Wildman–Crippen LogP) is 2.52. The first-order chi connectivity index (χ1) is 13.2. The van der Waals surface area contributed by atoms with E-state index in [1.54, 1.807) is 0 Å². The number of hydrogen-bond acceptors (Lipinski definition) is 4. The highest BCUT2D eigenvalue weighted by Gasteiger charge is 2.26. The number of halogens is 1. The fourth-order valence-corrected chi connectivity index (χ4v) is 3.84. The molecule has 1 amide bonds. The molecule has 8 heteroatoms. The highest BCUT2D eigenvalue weighted by Crippen LogP contribution is 2.26. The molecule has 2 fully saturated rings. The van der Waals surface area contributed by atoms with Gasteiger partial charge in [0, 0.05) is 26.2 Å². The van der Waals surface area contributed by atoms with Gasteiger partial charge in [0.25, 0.3) is 0 Å². The van der Waals surface area contributed by atoms with Crippen molar-refractivity contribution in [3.05, 3.63) is 23.7 Å². The van der Waals surface area contributed by atoms with Gasteiger partial charge in [0.2, 0.25) is 5.91 Å². The van der Waals surface area contributed by atoms with Crippen LogP contribution in [-0.4, -0.2) is 67.5 Å². The number of aliphatic imine (C=N–C) groups is 1. The second-order valence-corrected chi connectivity index (χ2v) is 7.37. The predicted molar refractivity (Wildman–Crippen MR) is 122 cm³/mol. The molecule has 1 aromatic heterocycles. The van der Waals surface area contributed by atoms with Gasteiger partial charge in [-0.3, -0.25) is 9.69 Å². The van der Waals surface area contributed by atoms with Gasteiger partial charge in [0.05, 0.1) is 6.04 Å². The van der Waals surface area contributed by atoms with Gasteiger partial charge in [0.15, 0.2) is 5.96 Å². The lowest BCUT2D eigenvalue weighted by molar-refractivity contribution is -0.128. The molecule has 2 aliphatic rings. The topological polar surface area (TPSA) is 73.1 Å². The minimum absolute atomic E-state index is 0. The molecule has 3 heterocycles. The Labute approximate surface area is 185 Å². The third kappa shape index (κ3) is 6.37. The van der Waals surface area contributed by atoms with Gasteiger partial charge in [-0.15, -0.1) is 24.0 Å². The first kappa shape index (κ1) is 23.0. The summed E-state index contributed by atoms with van der Waals surface area (Å²) in [5, 5.41) is 6.67. The Kier molecular flexibility index (Phi) is 9.57. The van der Waals surface area contributed by atoms with E-state index in [0.29, 0.717) is 12.5 Å². The van der Waals surface area contributed by atoms with Crippen molar-refractivity contribution in [3.8, 4) is 0 Å². The van der Waals surface area contributed by atoms with Gasteiger partial charge in [-0.25, -0.2) is 4.99 Å². The van der Waals surface area contributed by atoms with E-state index in [1.807, 2.05) is 24.8 Å². The van der Waals surface area contributed by atoms with E-state index < -0.39 is 0 Å². The summed E-state index contributed by atoms with van der Waals surface area (Å²) in [6.45, 7) is 9.60. The zero-order chi connectivity index (χ0) is 19.1. The lowest BCUT2D eigenvalue weighted by atomic mass is 10.2. The minimum atomic E-state index is 0. The molecular formula is C20H34IN5O2. The smallest absolute Gasteiger partial charge is 0.244 e. The summed E-state index contributed by atoms with van der Waals surface area (Å²) in [4.78, 5) is 21.1. The summed E-state index contributed by atoms with van der Waals surface area (Å²) in [6.07, 6.45) is 4.67. The fraction of sp³-hybridized carbons (Fsp3) is 0.700. The number of aryl methyl sites for hydroxylation is 1. The number of guanidine groups is 1. The third-order valence-electron chi connectivity index (χ3n) is 5.31. The van der Waals surface area contributed by atoms with Gasteiger partial charge in [-0.05, 0) is 64.8 Å². The van der Waals surface area contributed by atoms with Crippen molar-refractivity contribution in [3.63, 3.8) is 0 Å². The maximum Gasteiger partial charge on any atom is 0.244 e. The van der Waals surface area contributed by atoms with E-state index >= 15 is 0 Å². The monoisotopic (exact) mass is 503 g/mol. The number of rotatable bonds is 7. The zero-order valence-electron chi connectivity index (χ0n) is 17.1. The van der Waals surface area contributed by atoms with E-state index in [4.69, 9.17) is 4.42 Å². The number of carbonyl (C=O) groups excluding carboxylic acids is 1. The summed E-state index contributed by atoms with van der Waals surface area (Å²) in [7, 11) is 0. The molecule has 0 saturated carbocycles. The maximum absolute atomic E-state index is 12.3. The molecule has 0 radical (unpaired) electrons. The summed E-state index contributed by atoms with van der Waals surface area (Å²) in [6, 6.07) is 4.27. The fourth-order valence-electron chi connectivity index (χ4n) is 3.84. The molecule has 28 heavy (non-hydrogen) atoms. The van der Waals surface area contributed by atoms with Crippen LogP contribution in [0.25, 0.3) is 0 Å². The van der Waals surface area contributed by atoms with Gasteiger partial charge in [0.1, 0.15) is 18.1 Å². The molecule has 2 N–H and O–H groups in total. The van der Waals surface area contributed by atoms with Gasteiger partial charge in [-0.1, -0.05) is 0 Å². The Morgan fingerprint density at radius 3 is 2.43 bits per heavy atom. The molecule has 1 aromatic rings. The SMILES string of the molecule is CCNC(=NCC(=O)N1CCCC1)NCC(c1ccc(C)o1)N1CCCC1.I. The van der Waals surface area contributed by atoms with Crippen molar-refractivity contribution >= 4 is 35.8 Å². The molecule has 0 spiro atoms. The Morgan fingerprint density at radius 2 is 1.82 bits per heavy atom.